The Balaban J connectivity index is 4.02. The summed E-state index contributed by atoms with van der Waals surface area (Å²) in [5.74, 6) is -2.49. The first-order chi connectivity index (χ1) is 8.36. The highest BCUT2D eigenvalue weighted by molar-refractivity contribution is 6.03. The number of carbonyl (C=O) groups excluding carboxylic acids is 3. The number of likely N-dealkylation sites (N-methyl/N-ethyl adjacent to an activating group) is 1. The summed E-state index contributed by atoms with van der Waals surface area (Å²) in [5, 5.41) is 12.3. The molecule has 8 heteroatoms. The molecule has 0 unspecified atom stereocenters. The molecule has 0 aliphatic carbocycles. The van der Waals surface area contributed by atoms with E-state index < -0.39 is 17.9 Å². The summed E-state index contributed by atoms with van der Waals surface area (Å²) >= 11 is 0. The van der Waals surface area contributed by atoms with E-state index in [2.05, 4.69) is 5.32 Å². The smallest absolute Gasteiger partial charge is 0.328 e. The van der Waals surface area contributed by atoms with Gasteiger partial charge in [-0.2, -0.15) is 0 Å². The van der Waals surface area contributed by atoms with Crippen molar-refractivity contribution in [1.82, 2.24) is 15.5 Å². The lowest BCUT2D eigenvalue weighted by atomic mass is 10.4. The zero-order valence-corrected chi connectivity index (χ0v) is 10.1. The lowest BCUT2D eigenvalue weighted by Gasteiger charge is -2.14. The number of amides is 4. The predicted octanol–water partition coefficient (Wildman–Crippen LogP) is -1.07. The Bertz CT molecular complexity index is 378. The third kappa shape index (κ3) is 6.99. The van der Waals surface area contributed by atoms with E-state index in [9.17, 15) is 19.2 Å². The van der Waals surface area contributed by atoms with E-state index in [1.165, 1.54) is 4.90 Å². The number of nitrogens with one attached hydrogen (secondary N) is 2. The highest BCUT2D eigenvalue weighted by Gasteiger charge is 2.09. The van der Waals surface area contributed by atoms with Crippen LogP contribution in [0.5, 0.6) is 0 Å². The van der Waals surface area contributed by atoms with E-state index in [4.69, 9.17) is 5.11 Å². The van der Waals surface area contributed by atoms with E-state index in [1.807, 2.05) is 5.32 Å². The van der Waals surface area contributed by atoms with Crippen LogP contribution in [0, 0.1) is 0 Å². The summed E-state index contributed by atoms with van der Waals surface area (Å²) in [6.07, 6.45) is 1.29. The lowest BCUT2D eigenvalue weighted by Crippen LogP contribution is -2.44. The van der Waals surface area contributed by atoms with Crippen molar-refractivity contribution in [1.29, 1.82) is 0 Å². The van der Waals surface area contributed by atoms with Gasteiger partial charge in [0.1, 0.15) is 0 Å². The molecule has 100 valence electrons. The molecule has 0 rings (SSSR count). The molecule has 0 aromatic heterocycles. The molecule has 0 aromatic carbocycles. The number of aliphatic carboxylic acids is 1. The maximum atomic E-state index is 11.3. The average Bonchev–Trinajstić information content (AvgIpc) is 2.32. The Morgan fingerprint density at radius 1 is 1.22 bits per heavy atom. The number of imide groups is 1. The van der Waals surface area contributed by atoms with Crippen molar-refractivity contribution in [2.24, 2.45) is 0 Å². The quantitative estimate of drug-likeness (QED) is 0.542. The van der Waals surface area contributed by atoms with Crippen LogP contribution in [0.3, 0.4) is 0 Å². The minimum absolute atomic E-state index is 0.244. The van der Waals surface area contributed by atoms with Crippen LogP contribution in [0.4, 0.5) is 4.79 Å². The fourth-order valence-electron chi connectivity index (χ4n) is 0.812. The second kappa shape index (κ2) is 7.82. The third-order valence-electron chi connectivity index (χ3n) is 1.91. The molecule has 0 bridgehead atoms. The van der Waals surface area contributed by atoms with Gasteiger partial charge in [-0.15, -0.1) is 0 Å². The van der Waals surface area contributed by atoms with E-state index >= 15 is 0 Å². The number of carboxylic acids is 1. The summed E-state index contributed by atoms with van der Waals surface area (Å²) in [7, 11) is 1.57. The van der Waals surface area contributed by atoms with Gasteiger partial charge in [0.25, 0.3) is 5.91 Å². The van der Waals surface area contributed by atoms with Gasteiger partial charge >= 0.3 is 12.0 Å². The SMILES string of the molecule is CCN(C)C(=O)CNC(=O)NC(=O)/C=C/C(=O)O. The normalized spacial score (nSPS) is 9.89. The van der Waals surface area contributed by atoms with Gasteiger partial charge in [-0.25, -0.2) is 9.59 Å². The highest BCUT2D eigenvalue weighted by atomic mass is 16.4. The van der Waals surface area contributed by atoms with Crippen LogP contribution in [-0.4, -0.2) is 54.0 Å². The van der Waals surface area contributed by atoms with E-state index in [-0.39, 0.29) is 12.5 Å². The van der Waals surface area contributed by atoms with Crippen LogP contribution in [0.15, 0.2) is 12.2 Å². The molecule has 0 aliphatic heterocycles. The third-order valence-corrected chi connectivity index (χ3v) is 1.91. The number of hydrogen-bond donors (Lipinski definition) is 3. The van der Waals surface area contributed by atoms with Crippen molar-refractivity contribution < 1.29 is 24.3 Å². The van der Waals surface area contributed by atoms with Crippen LogP contribution in [0.25, 0.3) is 0 Å². The first kappa shape index (κ1) is 15.6. The van der Waals surface area contributed by atoms with Crippen LogP contribution in [-0.2, 0) is 14.4 Å². The van der Waals surface area contributed by atoms with E-state index in [0.717, 1.165) is 0 Å². The number of urea groups is 1. The van der Waals surface area contributed by atoms with Crippen molar-refractivity contribution >= 4 is 23.8 Å². The zero-order chi connectivity index (χ0) is 14.1. The average molecular weight is 257 g/mol. The van der Waals surface area contributed by atoms with Crippen molar-refractivity contribution in [3.05, 3.63) is 12.2 Å². The second-order valence-corrected chi connectivity index (χ2v) is 3.25. The standard InChI is InChI=1S/C10H15N3O5/c1-3-13(2)8(15)6-11-10(18)12-7(14)4-5-9(16)17/h4-5H,3,6H2,1-2H3,(H,16,17)(H2,11,12,14,18)/b5-4+. The van der Waals surface area contributed by atoms with Crippen molar-refractivity contribution in [2.45, 2.75) is 6.92 Å². The molecule has 0 heterocycles. The van der Waals surface area contributed by atoms with Gasteiger partial charge < -0.3 is 15.3 Å². The Morgan fingerprint density at radius 3 is 2.33 bits per heavy atom. The molecule has 0 atom stereocenters. The molecule has 18 heavy (non-hydrogen) atoms. The molecule has 0 aromatic rings. The molecule has 0 saturated heterocycles. The van der Waals surface area contributed by atoms with Crippen LogP contribution >= 0.6 is 0 Å². The summed E-state index contributed by atoms with van der Waals surface area (Å²) in [5.41, 5.74) is 0. The molecular weight excluding hydrogens is 242 g/mol. The summed E-state index contributed by atoms with van der Waals surface area (Å²) in [4.78, 5) is 44.9. The lowest BCUT2D eigenvalue weighted by molar-refractivity contribution is -0.131. The minimum atomic E-state index is -1.30. The number of nitrogens with zero attached hydrogens (tertiary/aromatic N) is 1. The number of carbonyl (C=O) groups is 4. The Morgan fingerprint density at radius 2 is 1.83 bits per heavy atom. The second-order valence-electron chi connectivity index (χ2n) is 3.25. The maximum Gasteiger partial charge on any atom is 0.328 e. The molecule has 0 spiro atoms. The van der Waals surface area contributed by atoms with Gasteiger partial charge in [0.2, 0.25) is 5.91 Å². The Hall–Kier alpha value is -2.38. The largest absolute Gasteiger partial charge is 0.478 e. The first-order valence-corrected chi connectivity index (χ1v) is 5.10. The molecule has 0 radical (unpaired) electrons. The van der Waals surface area contributed by atoms with Crippen LogP contribution in [0.2, 0.25) is 0 Å². The summed E-state index contributed by atoms with van der Waals surface area (Å²) in [6.45, 7) is 2.03. The molecule has 0 saturated carbocycles. The fourth-order valence-corrected chi connectivity index (χ4v) is 0.812. The Labute approximate surface area is 104 Å². The van der Waals surface area contributed by atoms with Crippen molar-refractivity contribution in [2.75, 3.05) is 20.1 Å². The zero-order valence-electron chi connectivity index (χ0n) is 10.1. The fraction of sp³-hybridized carbons (Fsp3) is 0.400. The minimum Gasteiger partial charge on any atom is -0.478 e. The van der Waals surface area contributed by atoms with Gasteiger partial charge in [0.15, 0.2) is 0 Å². The van der Waals surface area contributed by atoms with Crippen LogP contribution in [0.1, 0.15) is 6.92 Å². The molecular formula is C10H15N3O5. The number of hydrogen-bond acceptors (Lipinski definition) is 4. The maximum absolute atomic E-state index is 11.3. The van der Waals surface area contributed by atoms with Gasteiger partial charge in [-0.1, -0.05) is 0 Å². The summed E-state index contributed by atoms with van der Waals surface area (Å²) < 4.78 is 0. The van der Waals surface area contributed by atoms with Crippen LogP contribution < -0.4 is 10.6 Å². The highest BCUT2D eigenvalue weighted by Crippen LogP contribution is 1.82. The predicted molar refractivity (Wildman–Crippen MR) is 61.6 cm³/mol. The number of carboxylic acid groups (broad SMARTS) is 1. The van der Waals surface area contributed by atoms with Crippen molar-refractivity contribution in [3.63, 3.8) is 0 Å². The van der Waals surface area contributed by atoms with Gasteiger partial charge in [0, 0.05) is 25.7 Å². The van der Waals surface area contributed by atoms with Gasteiger partial charge in [0.05, 0.1) is 6.54 Å². The van der Waals surface area contributed by atoms with E-state index in [0.29, 0.717) is 18.7 Å². The van der Waals surface area contributed by atoms with E-state index in [1.54, 1.807) is 14.0 Å². The molecule has 8 nitrogen and oxygen atoms in total. The molecule has 0 fully saturated rings. The monoisotopic (exact) mass is 257 g/mol. The topological polar surface area (TPSA) is 116 Å². The van der Waals surface area contributed by atoms with Gasteiger partial charge in [-0.3, -0.25) is 14.9 Å². The van der Waals surface area contributed by atoms with Crippen molar-refractivity contribution in [3.8, 4) is 0 Å². The first-order valence-electron chi connectivity index (χ1n) is 5.10. The molecule has 4 amide bonds. The Kier molecular flexibility index (Phi) is 6.79. The molecule has 0 aliphatic rings. The number of rotatable bonds is 5. The van der Waals surface area contributed by atoms with Gasteiger partial charge in [-0.05, 0) is 6.92 Å². The molecule has 3 N–H and O–H groups in total. The summed E-state index contributed by atoms with van der Waals surface area (Å²) in [6, 6.07) is -0.868.